The van der Waals surface area contributed by atoms with Crippen molar-refractivity contribution in [2.75, 3.05) is 18.4 Å². The molecular weight excluding hydrogens is 418 g/mol. The van der Waals surface area contributed by atoms with E-state index in [2.05, 4.69) is 24.5 Å². The van der Waals surface area contributed by atoms with Crippen LogP contribution in [0, 0.1) is 5.92 Å². The SMILES string of the molecule is CCCCC(CC)CN(Cc1ccc(C(=O)NCCC(=O)O)cc1)C(=O)Nc1ccccc1. The fraction of sp³-hybridized carbons (Fsp3) is 0.423. The second kappa shape index (κ2) is 13.9. The Balaban J connectivity index is 2.08. The highest BCUT2D eigenvalue weighted by Gasteiger charge is 2.19. The third-order valence-electron chi connectivity index (χ3n) is 5.55. The molecule has 0 bridgehead atoms. The number of carbonyl (C=O) groups excluding carboxylic acids is 2. The lowest BCUT2D eigenvalue weighted by atomic mass is 9.98. The largest absolute Gasteiger partial charge is 0.481 e. The Hall–Kier alpha value is -3.35. The molecule has 0 saturated carbocycles. The van der Waals surface area contributed by atoms with E-state index in [1.807, 2.05) is 47.4 Å². The third kappa shape index (κ3) is 9.35. The van der Waals surface area contributed by atoms with Crippen molar-refractivity contribution in [3.8, 4) is 0 Å². The van der Waals surface area contributed by atoms with Gasteiger partial charge in [0.05, 0.1) is 6.42 Å². The molecule has 1 atom stereocenters. The zero-order valence-corrected chi connectivity index (χ0v) is 19.5. The van der Waals surface area contributed by atoms with Gasteiger partial charge in [0.15, 0.2) is 0 Å². The Morgan fingerprint density at radius 1 is 1.00 bits per heavy atom. The zero-order chi connectivity index (χ0) is 24.1. The van der Waals surface area contributed by atoms with Gasteiger partial charge in [0.25, 0.3) is 5.91 Å². The van der Waals surface area contributed by atoms with E-state index in [0.717, 1.165) is 36.9 Å². The van der Waals surface area contributed by atoms with Crippen LogP contribution in [0.3, 0.4) is 0 Å². The molecule has 0 spiro atoms. The fourth-order valence-electron chi connectivity index (χ4n) is 3.54. The van der Waals surface area contributed by atoms with Crippen LogP contribution >= 0.6 is 0 Å². The molecule has 0 radical (unpaired) electrons. The van der Waals surface area contributed by atoms with Gasteiger partial charge in [-0.25, -0.2) is 4.79 Å². The van der Waals surface area contributed by atoms with Crippen molar-refractivity contribution >= 4 is 23.6 Å². The Labute approximate surface area is 196 Å². The summed E-state index contributed by atoms with van der Waals surface area (Å²) in [5.41, 5.74) is 2.13. The number of carboxylic acid groups (broad SMARTS) is 1. The minimum Gasteiger partial charge on any atom is -0.481 e. The maximum atomic E-state index is 13.1. The van der Waals surface area contributed by atoms with Crippen LogP contribution in [0.4, 0.5) is 10.5 Å². The van der Waals surface area contributed by atoms with E-state index in [9.17, 15) is 14.4 Å². The van der Waals surface area contributed by atoms with Gasteiger partial charge in [-0.3, -0.25) is 9.59 Å². The molecule has 0 saturated heterocycles. The Morgan fingerprint density at radius 2 is 1.70 bits per heavy atom. The van der Waals surface area contributed by atoms with Gasteiger partial charge in [-0.15, -0.1) is 0 Å². The Morgan fingerprint density at radius 3 is 2.30 bits per heavy atom. The van der Waals surface area contributed by atoms with Crippen LogP contribution in [-0.4, -0.2) is 41.0 Å². The predicted molar refractivity (Wildman–Crippen MR) is 130 cm³/mol. The van der Waals surface area contributed by atoms with Crippen LogP contribution in [0.2, 0.25) is 0 Å². The molecule has 3 amide bonds. The van der Waals surface area contributed by atoms with Gasteiger partial charge in [0, 0.05) is 30.9 Å². The monoisotopic (exact) mass is 453 g/mol. The number of carbonyl (C=O) groups is 3. The maximum Gasteiger partial charge on any atom is 0.322 e. The topological polar surface area (TPSA) is 98.7 Å². The zero-order valence-electron chi connectivity index (χ0n) is 19.5. The van der Waals surface area contributed by atoms with E-state index in [-0.39, 0.29) is 24.9 Å². The lowest BCUT2D eigenvalue weighted by molar-refractivity contribution is -0.136. The van der Waals surface area contributed by atoms with Crippen molar-refractivity contribution in [2.24, 2.45) is 5.92 Å². The molecule has 0 heterocycles. The minimum atomic E-state index is -0.955. The minimum absolute atomic E-state index is 0.0829. The van der Waals surface area contributed by atoms with Crippen molar-refractivity contribution in [3.63, 3.8) is 0 Å². The second-order valence-corrected chi connectivity index (χ2v) is 8.19. The Kier molecular flexibility index (Phi) is 10.9. The summed E-state index contributed by atoms with van der Waals surface area (Å²) in [6.45, 7) is 5.51. The van der Waals surface area contributed by atoms with Crippen molar-refractivity contribution in [2.45, 2.75) is 52.5 Å². The molecule has 33 heavy (non-hydrogen) atoms. The van der Waals surface area contributed by atoms with Crippen molar-refractivity contribution in [1.82, 2.24) is 10.2 Å². The molecule has 2 aromatic carbocycles. The molecule has 178 valence electrons. The fourth-order valence-corrected chi connectivity index (χ4v) is 3.54. The average molecular weight is 454 g/mol. The Bertz CT molecular complexity index is 884. The molecule has 7 heteroatoms. The van der Waals surface area contributed by atoms with E-state index in [4.69, 9.17) is 5.11 Å². The summed E-state index contributed by atoms with van der Waals surface area (Å²) < 4.78 is 0. The number of unbranched alkanes of at least 4 members (excludes halogenated alkanes) is 1. The summed E-state index contributed by atoms with van der Waals surface area (Å²) in [7, 11) is 0. The first-order valence-electron chi connectivity index (χ1n) is 11.6. The van der Waals surface area contributed by atoms with Crippen LogP contribution < -0.4 is 10.6 Å². The number of rotatable bonds is 13. The molecule has 2 aromatic rings. The average Bonchev–Trinajstić information content (AvgIpc) is 2.81. The summed E-state index contributed by atoms with van der Waals surface area (Å²) in [4.78, 5) is 37.7. The number of amides is 3. The number of para-hydroxylation sites is 1. The highest BCUT2D eigenvalue weighted by molar-refractivity contribution is 5.94. The summed E-state index contributed by atoms with van der Waals surface area (Å²) >= 11 is 0. The molecule has 0 aliphatic carbocycles. The molecule has 0 fully saturated rings. The van der Waals surface area contributed by atoms with E-state index in [1.54, 1.807) is 12.1 Å². The van der Waals surface area contributed by atoms with Gasteiger partial charge in [-0.05, 0) is 42.2 Å². The molecule has 1 unspecified atom stereocenters. The van der Waals surface area contributed by atoms with Crippen molar-refractivity contribution in [1.29, 1.82) is 0 Å². The third-order valence-corrected chi connectivity index (χ3v) is 5.55. The summed E-state index contributed by atoms with van der Waals surface area (Å²) in [6.07, 6.45) is 4.23. The quantitative estimate of drug-likeness (QED) is 0.391. The van der Waals surface area contributed by atoms with Gasteiger partial charge in [0.1, 0.15) is 0 Å². The number of hydrogen-bond donors (Lipinski definition) is 3. The van der Waals surface area contributed by atoms with Crippen LogP contribution in [0.5, 0.6) is 0 Å². The predicted octanol–water partition coefficient (Wildman–Crippen LogP) is 5.14. The summed E-state index contributed by atoms with van der Waals surface area (Å²) in [5, 5.41) is 14.3. The number of urea groups is 1. The van der Waals surface area contributed by atoms with E-state index in [1.165, 1.54) is 0 Å². The highest BCUT2D eigenvalue weighted by Crippen LogP contribution is 2.18. The molecule has 7 nitrogen and oxygen atoms in total. The number of carboxylic acids is 1. The van der Waals surface area contributed by atoms with Gasteiger partial charge < -0.3 is 20.6 Å². The van der Waals surface area contributed by atoms with E-state index >= 15 is 0 Å². The molecule has 0 aliphatic rings. The standard InChI is InChI=1S/C26H35N3O4/c1-3-5-9-20(4-2)18-29(26(33)28-23-10-7-6-8-11-23)19-21-12-14-22(15-13-21)25(32)27-17-16-24(30)31/h6-8,10-15,20H,3-5,9,16-19H2,1-2H3,(H,27,32)(H,28,33)(H,30,31). The number of aliphatic carboxylic acids is 1. The summed E-state index contributed by atoms with van der Waals surface area (Å²) in [5.74, 6) is -0.846. The summed E-state index contributed by atoms with van der Waals surface area (Å²) in [6, 6.07) is 16.3. The molecule has 0 aromatic heterocycles. The van der Waals surface area contributed by atoms with E-state index < -0.39 is 5.97 Å². The molecular formula is C26H35N3O4. The van der Waals surface area contributed by atoms with Gasteiger partial charge in [-0.2, -0.15) is 0 Å². The number of benzene rings is 2. The van der Waals surface area contributed by atoms with Gasteiger partial charge >= 0.3 is 12.0 Å². The van der Waals surface area contributed by atoms with Gasteiger partial charge in [-0.1, -0.05) is 63.4 Å². The molecule has 3 N–H and O–H groups in total. The number of nitrogens with zero attached hydrogens (tertiary/aromatic N) is 1. The van der Waals surface area contributed by atoms with Crippen molar-refractivity contribution in [3.05, 3.63) is 65.7 Å². The van der Waals surface area contributed by atoms with Crippen LogP contribution in [0.1, 0.15) is 61.9 Å². The van der Waals surface area contributed by atoms with Gasteiger partial charge in [0.2, 0.25) is 0 Å². The maximum absolute atomic E-state index is 13.1. The first-order valence-corrected chi connectivity index (χ1v) is 11.6. The lowest BCUT2D eigenvalue weighted by Crippen LogP contribution is -2.38. The molecule has 0 aliphatic heterocycles. The normalized spacial score (nSPS) is 11.5. The smallest absolute Gasteiger partial charge is 0.322 e. The van der Waals surface area contributed by atoms with Crippen molar-refractivity contribution < 1.29 is 19.5 Å². The van der Waals surface area contributed by atoms with Crippen LogP contribution in [-0.2, 0) is 11.3 Å². The van der Waals surface area contributed by atoms with Crippen LogP contribution in [0.15, 0.2) is 54.6 Å². The first-order chi connectivity index (χ1) is 15.9. The number of hydrogen-bond acceptors (Lipinski definition) is 3. The van der Waals surface area contributed by atoms with E-state index in [0.29, 0.717) is 24.6 Å². The van der Waals surface area contributed by atoms with Crippen LogP contribution in [0.25, 0.3) is 0 Å². The second-order valence-electron chi connectivity index (χ2n) is 8.19. The number of nitrogens with one attached hydrogen (secondary N) is 2. The lowest BCUT2D eigenvalue weighted by Gasteiger charge is -2.28. The molecule has 2 rings (SSSR count). The first kappa shape index (κ1) is 25.9. The number of anilines is 1. The highest BCUT2D eigenvalue weighted by atomic mass is 16.4.